The van der Waals surface area contributed by atoms with E-state index >= 15 is 0 Å². The van der Waals surface area contributed by atoms with E-state index in [0.717, 1.165) is 22.7 Å². The molecular formula is C16H15N7O. The number of rotatable bonds is 3. The van der Waals surface area contributed by atoms with E-state index in [2.05, 4.69) is 25.6 Å². The lowest BCUT2D eigenvalue weighted by Crippen LogP contribution is -2.25. The van der Waals surface area contributed by atoms with Crippen molar-refractivity contribution in [3.8, 4) is 0 Å². The molecule has 0 radical (unpaired) electrons. The quantitative estimate of drug-likeness (QED) is 0.614. The highest BCUT2D eigenvalue weighted by atomic mass is 16.1. The van der Waals surface area contributed by atoms with E-state index in [1.54, 1.807) is 10.7 Å². The van der Waals surface area contributed by atoms with Gasteiger partial charge in [-0.2, -0.15) is 5.10 Å². The van der Waals surface area contributed by atoms with E-state index < -0.39 is 0 Å². The van der Waals surface area contributed by atoms with Gasteiger partial charge in [0, 0.05) is 18.5 Å². The Labute approximate surface area is 137 Å². The van der Waals surface area contributed by atoms with Crippen molar-refractivity contribution in [2.45, 2.75) is 20.4 Å². The summed E-state index contributed by atoms with van der Waals surface area (Å²) in [6.07, 6.45) is 3.44. The number of carbonyl (C=O) groups is 1. The molecule has 0 aliphatic carbocycles. The second kappa shape index (κ2) is 5.41. The molecule has 0 bridgehead atoms. The first-order valence-electron chi connectivity index (χ1n) is 7.52. The third-order valence-electron chi connectivity index (χ3n) is 3.88. The zero-order valence-corrected chi connectivity index (χ0v) is 13.3. The van der Waals surface area contributed by atoms with Crippen molar-refractivity contribution >= 4 is 17.2 Å². The normalized spacial score (nSPS) is 11.2. The van der Waals surface area contributed by atoms with E-state index in [0.29, 0.717) is 11.4 Å². The molecule has 0 spiro atoms. The van der Waals surface area contributed by atoms with Crippen LogP contribution in [0.3, 0.4) is 0 Å². The van der Waals surface area contributed by atoms with Gasteiger partial charge in [0.2, 0.25) is 0 Å². The number of carbonyl (C=O) groups excluding carboxylic acids is 1. The van der Waals surface area contributed by atoms with Gasteiger partial charge in [-0.25, -0.2) is 9.50 Å². The number of aromatic nitrogens is 6. The lowest BCUT2D eigenvalue weighted by Gasteiger charge is -2.08. The first-order chi connectivity index (χ1) is 11.6. The van der Waals surface area contributed by atoms with Crippen LogP contribution < -0.4 is 5.32 Å². The van der Waals surface area contributed by atoms with Crippen molar-refractivity contribution in [1.82, 2.24) is 34.5 Å². The second-order valence-electron chi connectivity index (χ2n) is 5.54. The summed E-state index contributed by atoms with van der Waals surface area (Å²) in [6, 6.07) is 7.52. The molecule has 8 nitrogen and oxygen atoms in total. The standard InChI is InChI=1S/C16H15N7O/c1-10-7-14-17-8-12(11(2)23(14)21-10)16(24)18-9-15-20-19-13-5-3-4-6-22(13)15/h3-8H,9H2,1-2H3,(H,18,24). The van der Waals surface area contributed by atoms with Crippen molar-refractivity contribution in [2.75, 3.05) is 0 Å². The minimum Gasteiger partial charge on any atom is -0.345 e. The summed E-state index contributed by atoms with van der Waals surface area (Å²) in [4.78, 5) is 16.8. The molecule has 4 aromatic rings. The van der Waals surface area contributed by atoms with Gasteiger partial charge < -0.3 is 5.32 Å². The molecule has 120 valence electrons. The van der Waals surface area contributed by atoms with Crippen LogP contribution in [0.2, 0.25) is 0 Å². The van der Waals surface area contributed by atoms with Crippen LogP contribution in [0.5, 0.6) is 0 Å². The Morgan fingerprint density at radius 2 is 2.08 bits per heavy atom. The number of nitrogens with one attached hydrogen (secondary N) is 1. The Balaban J connectivity index is 1.59. The van der Waals surface area contributed by atoms with Gasteiger partial charge in [-0.1, -0.05) is 6.07 Å². The average molecular weight is 321 g/mol. The molecule has 0 fully saturated rings. The highest BCUT2D eigenvalue weighted by molar-refractivity contribution is 5.95. The molecule has 1 amide bonds. The molecule has 1 N–H and O–H groups in total. The monoisotopic (exact) mass is 321 g/mol. The molecule has 0 unspecified atom stereocenters. The third-order valence-corrected chi connectivity index (χ3v) is 3.88. The van der Waals surface area contributed by atoms with Crippen molar-refractivity contribution in [3.63, 3.8) is 0 Å². The van der Waals surface area contributed by atoms with E-state index in [9.17, 15) is 4.79 Å². The van der Waals surface area contributed by atoms with Crippen LogP contribution in [0.1, 0.15) is 27.6 Å². The summed E-state index contributed by atoms with van der Waals surface area (Å²) < 4.78 is 3.52. The SMILES string of the molecule is Cc1cc2ncc(C(=O)NCc3nnc4ccccn34)c(C)n2n1. The van der Waals surface area contributed by atoms with Crippen molar-refractivity contribution in [2.24, 2.45) is 0 Å². The van der Waals surface area contributed by atoms with Crippen molar-refractivity contribution in [3.05, 3.63) is 59.4 Å². The van der Waals surface area contributed by atoms with Gasteiger partial charge in [0.1, 0.15) is 0 Å². The summed E-state index contributed by atoms with van der Waals surface area (Å²) in [6.45, 7) is 4.02. The van der Waals surface area contributed by atoms with Crippen LogP contribution in [0.4, 0.5) is 0 Å². The number of hydrogen-bond donors (Lipinski definition) is 1. The number of fused-ring (bicyclic) bond motifs is 2. The maximum atomic E-state index is 12.5. The Bertz CT molecular complexity index is 1060. The number of aryl methyl sites for hydroxylation is 2. The van der Waals surface area contributed by atoms with Crippen LogP contribution >= 0.6 is 0 Å². The molecule has 4 rings (SSSR count). The average Bonchev–Trinajstić information content (AvgIpc) is 3.16. The molecule has 4 aromatic heterocycles. The lowest BCUT2D eigenvalue weighted by atomic mass is 10.2. The summed E-state index contributed by atoms with van der Waals surface area (Å²) in [5.74, 6) is 0.448. The first kappa shape index (κ1) is 14.3. The summed E-state index contributed by atoms with van der Waals surface area (Å²) >= 11 is 0. The van der Waals surface area contributed by atoms with Crippen LogP contribution in [0.15, 0.2) is 36.7 Å². The summed E-state index contributed by atoms with van der Waals surface area (Å²) in [7, 11) is 0. The molecule has 0 saturated heterocycles. The maximum Gasteiger partial charge on any atom is 0.255 e. The van der Waals surface area contributed by atoms with E-state index in [1.807, 2.05) is 48.7 Å². The van der Waals surface area contributed by atoms with Crippen LogP contribution in [-0.4, -0.2) is 35.1 Å². The molecule has 0 aliphatic rings. The summed E-state index contributed by atoms with van der Waals surface area (Å²) in [5.41, 5.74) is 3.56. The van der Waals surface area contributed by atoms with Crippen LogP contribution in [0, 0.1) is 13.8 Å². The Morgan fingerprint density at radius 3 is 2.96 bits per heavy atom. The fourth-order valence-electron chi connectivity index (χ4n) is 2.65. The van der Waals surface area contributed by atoms with Gasteiger partial charge in [0.25, 0.3) is 5.91 Å². The van der Waals surface area contributed by atoms with Gasteiger partial charge in [-0.15, -0.1) is 10.2 Å². The molecule has 8 heteroatoms. The first-order valence-corrected chi connectivity index (χ1v) is 7.52. The third kappa shape index (κ3) is 2.28. The van der Waals surface area contributed by atoms with E-state index in [4.69, 9.17) is 0 Å². The highest BCUT2D eigenvalue weighted by Gasteiger charge is 2.14. The molecule has 0 aromatic carbocycles. The molecular weight excluding hydrogens is 306 g/mol. The van der Waals surface area contributed by atoms with Crippen molar-refractivity contribution < 1.29 is 4.79 Å². The maximum absolute atomic E-state index is 12.5. The number of hydrogen-bond acceptors (Lipinski definition) is 5. The molecule has 24 heavy (non-hydrogen) atoms. The summed E-state index contributed by atoms with van der Waals surface area (Å²) in [5, 5.41) is 15.4. The van der Waals surface area contributed by atoms with Gasteiger partial charge in [-0.05, 0) is 26.0 Å². The van der Waals surface area contributed by atoms with E-state index in [-0.39, 0.29) is 12.5 Å². The number of pyridine rings is 1. The predicted molar refractivity (Wildman–Crippen MR) is 86.6 cm³/mol. The zero-order chi connectivity index (χ0) is 16.7. The largest absolute Gasteiger partial charge is 0.345 e. The van der Waals surface area contributed by atoms with Gasteiger partial charge in [0.15, 0.2) is 17.1 Å². The van der Waals surface area contributed by atoms with Gasteiger partial charge >= 0.3 is 0 Å². The Kier molecular flexibility index (Phi) is 3.23. The minimum atomic E-state index is -0.220. The van der Waals surface area contributed by atoms with Gasteiger partial charge in [0.05, 0.1) is 23.5 Å². The van der Waals surface area contributed by atoms with E-state index in [1.165, 1.54) is 0 Å². The predicted octanol–water partition coefficient (Wildman–Crippen LogP) is 1.32. The molecule has 0 atom stereocenters. The number of amides is 1. The van der Waals surface area contributed by atoms with Gasteiger partial charge in [-0.3, -0.25) is 9.20 Å². The smallest absolute Gasteiger partial charge is 0.255 e. The zero-order valence-electron chi connectivity index (χ0n) is 13.3. The topological polar surface area (TPSA) is 89.5 Å². The highest BCUT2D eigenvalue weighted by Crippen LogP contribution is 2.11. The lowest BCUT2D eigenvalue weighted by molar-refractivity contribution is 0.0948. The Hall–Kier alpha value is -3.29. The minimum absolute atomic E-state index is 0.220. The number of nitrogens with zero attached hydrogens (tertiary/aromatic N) is 6. The fourth-order valence-corrected chi connectivity index (χ4v) is 2.65. The van der Waals surface area contributed by atoms with Crippen LogP contribution in [-0.2, 0) is 6.54 Å². The van der Waals surface area contributed by atoms with Crippen LogP contribution in [0.25, 0.3) is 11.3 Å². The molecule has 4 heterocycles. The second-order valence-corrected chi connectivity index (χ2v) is 5.54. The fraction of sp³-hybridized carbons (Fsp3) is 0.188. The molecule has 0 saturated carbocycles. The molecule has 0 aliphatic heterocycles. The van der Waals surface area contributed by atoms with Crippen molar-refractivity contribution in [1.29, 1.82) is 0 Å². The Morgan fingerprint density at radius 1 is 1.21 bits per heavy atom.